The van der Waals surface area contributed by atoms with Gasteiger partial charge in [0.05, 0.1) is 105 Å². The standard InChI is InChI=1S/C28H31N3O4.C24H29N3O4.2C21H32F2N4O3/c1-18(2)26(25-14-19(3)29-34-25)27(33)31-17-22(32)15-24(31)23-16-28(35-30-23,20-10-6-4-7-11-20)21-12-8-5-9-13-21;1-14(2)22(21-10-15(3)25-30-21)23(29)27-13-17(28)11-20(27)19-12-24(31-26-19)9-8-16-6-4-5-7-18(16)24;2*1-12(2)18(17-7-13(3)25-30-17)19(29)26-10-14(28)8-16(26)15-9-20(4,5)27(24-15)11-21(6,22)23/h4-14,18,22,24,26,32H,15-17H2,1-3H3;4-7,10,14,17,20,22,28H,8-9,11-13H2,1-3H3;2*7,12,14,16,18,28H,8-11H2,1-6H3/t;17-,20+,22-,24+;14-,16+,18?;14-,16+,18-/m.111/s1. The zero-order chi connectivity index (χ0) is 91.2. The topological polar surface area (TPSA) is 341 Å². The molecule has 1 aliphatic carbocycles. The van der Waals surface area contributed by atoms with Crippen LogP contribution in [0.1, 0.15) is 246 Å². The minimum absolute atomic E-state index is 0.00254. The number of carbonyl (C=O) groups excluding carboxylic acids is 4. The van der Waals surface area contributed by atoms with Gasteiger partial charge in [-0.15, -0.1) is 0 Å². The van der Waals surface area contributed by atoms with Crippen LogP contribution < -0.4 is 0 Å². The number of aryl methyl sites for hydroxylation is 5. The first-order chi connectivity index (χ1) is 59.3. The molecule has 1 spiro atoms. The maximum atomic E-state index is 13.8. The van der Waals surface area contributed by atoms with Gasteiger partial charge in [0.15, 0.2) is 11.2 Å². The third-order valence-electron chi connectivity index (χ3n) is 25.6. The Balaban J connectivity index is 0.000000144. The number of hydrazone groups is 2. The zero-order valence-electron chi connectivity index (χ0n) is 75.6. The van der Waals surface area contributed by atoms with Crippen molar-refractivity contribution in [2.45, 2.75) is 295 Å². The van der Waals surface area contributed by atoms with Crippen LogP contribution in [0.15, 0.2) is 148 Å². The van der Waals surface area contributed by atoms with E-state index in [2.05, 4.69) is 59.3 Å². The van der Waals surface area contributed by atoms with Gasteiger partial charge in [-0.2, -0.15) is 10.2 Å². The van der Waals surface area contributed by atoms with Gasteiger partial charge in [0.2, 0.25) is 23.6 Å². The lowest BCUT2D eigenvalue weighted by Gasteiger charge is -2.32. The van der Waals surface area contributed by atoms with Gasteiger partial charge in [-0.05, 0) is 97.5 Å². The first kappa shape index (κ1) is 93.5. The number of hydrogen-bond donors (Lipinski definition) is 4. The van der Waals surface area contributed by atoms with Crippen LogP contribution in [0.4, 0.5) is 17.6 Å². The summed E-state index contributed by atoms with van der Waals surface area (Å²) in [6.07, 6.45) is 2.93. The van der Waals surface area contributed by atoms with Gasteiger partial charge in [-0.25, -0.2) is 17.6 Å². The number of hydrogen-bond acceptors (Lipinski definition) is 24. The molecule has 16 rings (SSSR count). The monoisotopic (exact) mass is 1750 g/mol. The van der Waals surface area contributed by atoms with Crippen LogP contribution in [0.2, 0.25) is 0 Å². The average molecular weight is 1750 g/mol. The predicted octanol–water partition coefficient (Wildman–Crippen LogP) is 14.1. The van der Waals surface area contributed by atoms with Gasteiger partial charge >= 0.3 is 0 Å². The van der Waals surface area contributed by atoms with Crippen molar-refractivity contribution in [3.05, 3.63) is 177 Å². The molecule has 13 atom stereocenters. The van der Waals surface area contributed by atoms with E-state index < -0.39 is 107 Å². The fraction of sp³-hybridized carbons (Fsp3) is 0.596. The van der Waals surface area contributed by atoms with Crippen molar-refractivity contribution in [1.82, 2.24) is 50.2 Å². The van der Waals surface area contributed by atoms with Crippen LogP contribution in [0.5, 0.6) is 0 Å². The predicted molar refractivity (Wildman–Crippen MR) is 463 cm³/mol. The van der Waals surface area contributed by atoms with E-state index in [0.717, 1.165) is 60.6 Å². The van der Waals surface area contributed by atoms with Crippen molar-refractivity contribution in [1.29, 1.82) is 0 Å². The summed E-state index contributed by atoms with van der Waals surface area (Å²) < 4.78 is 76.3. The lowest BCUT2D eigenvalue weighted by Crippen LogP contribution is -2.45. The Kier molecular flexibility index (Phi) is 27.6. The molecule has 0 radical (unpaired) electrons. The SMILES string of the molecule is Cc1cc(C(C(=O)N2CC(O)CC2C2=NOC(c3ccccc3)(c3ccccc3)C2)C(C)C)on1.Cc1cc(C(C(=O)N2C[C@H](O)C[C@H]2C2=NN(CC(C)(F)F)C(C)(C)C2)C(C)C)on1.Cc1cc([C@H](C(=O)N2C[C@H](O)C[C@H]2C2=NN(CC(C)(F)F)C(C)(C)C2)C(C)C)on1.Cc1cc([C@H](C(=O)N2C[C@H](O)C[C@H]2C2=NO[C@@]3(CCc4ccccc43)C2)C(C)C)on1. The van der Waals surface area contributed by atoms with Crippen molar-refractivity contribution in [2.75, 3.05) is 39.3 Å². The highest BCUT2D eigenvalue weighted by Gasteiger charge is 2.55. The number of oxime groups is 2. The third-order valence-corrected chi connectivity index (χ3v) is 25.6. The van der Waals surface area contributed by atoms with Crippen molar-refractivity contribution >= 4 is 46.5 Å². The maximum absolute atomic E-state index is 13.8. The molecular weight excluding hydrogens is 1630 g/mol. The molecule has 4 amide bonds. The zero-order valence-corrected chi connectivity index (χ0v) is 75.6. The van der Waals surface area contributed by atoms with E-state index >= 15 is 0 Å². The average Bonchev–Trinajstić information content (AvgIpc) is 1.60. The van der Waals surface area contributed by atoms with Crippen molar-refractivity contribution in [2.24, 2.45) is 44.2 Å². The summed E-state index contributed by atoms with van der Waals surface area (Å²) >= 11 is 0. The quantitative estimate of drug-likeness (QED) is 0.0458. The molecule has 126 heavy (non-hydrogen) atoms. The Morgan fingerprint density at radius 2 is 0.730 bits per heavy atom. The number of β-amino-alcohol motifs (C(OH)–C–C–N with tert-alkyl or cyclic N) is 4. The molecule has 4 aromatic heterocycles. The number of halogens is 4. The molecule has 0 bridgehead atoms. The minimum atomic E-state index is -2.88. The molecule has 12 heterocycles. The van der Waals surface area contributed by atoms with Gasteiger partial charge in [-0.1, -0.05) is 171 Å². The molecule has 9 aliphatic rings. The molecule has 7 aromatic rings. The Morgan fingerprint density at radius 3 is 1.04 bits per heavy atom. The Morgan fingerprint density at radius 1 is 0.429 bits per heavy atom. The number of carbonyl (C=O) groups is 4. The van der Waals surface area contributed by atoms with Crippen molar-refractivity contribution < 1.29 is 84.9 Å². The van der Waals surface area contributed by atoms with E-state index in [1.165, 1.54) is 21.1 Å². The summed E-state index contributed by atoms with van der Waals surface area (Å²) in [6, 6.07) is 34.1. The van der Waals surface area contributed by atoms with Gasteiger partial charge in [0.1, 0.15) is 59.8 Å². The second kappa shape index (κ2) is 37.3. The van der Waals surface area contributed by atoms with Gasteiger partial charge in [0, 0.05) is 132 Å². The number of rotatable bonds is 22. The molecule has 4 fully saturated rings. The number of benzene rings is 3. The van der Waals surface area contributed by atoms with Crippen LogP contribution in [-0.2, 0) is 46.5 Å². The number of aromatic nitrogens is 4. The summed E-state index contributed by atoms with van der Waals surface area (Å²) in [6.45, 7) is 32.1. The number of aliphatic hydroxyl groups is 4. The van der Waals surface area contributed by atoms with Gasteiger partial charge in [-0.3, -0.25) is 29.2 Å². The number of alkyl halides is 4. The molecule has 3 aromatic carbocycles. The minimum Gasteiger partial charge on any atom is -0.391 e. The molecule has 0 saturated carbocycles. The Hall–Kier alpha value is -10.2. The fourth-order valence-electron chi connectivity index (χ4n) is 19.5. The summed E-state index contributed by atoms with van der Waals surface area (Å²) in [5.41, 5.74) is 7.91. The molecule has 4 saturated heterocycles. The van der Waals surface area contributed by atoms with E-state index in [9.17, 15) is 57.2 Å². The maximum Gasteiger partial charge on any atom is 0.264 e. The number of aliphatic hydroxyl groups excluding tert-OH is 4. The highest BCUT2D eigenvalue weighted by atomic mass is 19.3. The summed E-state index contributed by atoms with van der Waals surface area (Å²) in [5, 5.41) is 78.3. The fourth-order valence-corrected chi connectivity index (χ4v) is 19.5. The molecule has 682 valence electrons. The lowest BCUT2D eigenvalue weighted by atomic mass is 9.81. The third kappa shape index (κ3) is 20.3. The first-order valence-corrected chi connectivity index (χ1v) is 44.2. The number of amides is 4. The highest BCUT2D eigenvalue weighted by Crippen LogP contribution is 2.49. The van der Waals surface area contributed by atoms with Crippen LogP contribution in [-0.4, -0.2) is 228 Å². The number of nitrogens with zero attached hydrogens (tertiary/aromatic N) is 14. The Labute approximate surface area is 734 Å². The van der Waals surface area contributed by atoms with E-state index in [4.69, 9.17) is 27.8 Å². The second-order valence-corrected chi connectivity index (χ2v) is 38.8. The van der Waals surface area contributed by atoms with Crippen LogP contribution in [0, 0.1) is 51.4 Å². The van der Waals surface area contributed by atoms with E-state index in [0.29, 0.717) is 104 Å². The van der Waals surface area contributed by atoms with Gasteiger partial charge < -0.3 is 67.8 Å². The van der Waals surface area contributed by atoms with Crippen LogP contribution in [0.3, 0.4) is 0 Å². The molecule has 28 nitrogen and oxygen atoms in total. The van der Waals surface area contributed by atoms with Crippen molar-refractivity contribution in [3.63, 3.8) is 0 Å². The molecule has 8 aliphatic heterocycles. The van der Waals surface area contributed by atoms with Crippen LogP contribution in [0.25, 0.3) is 0 Å². The molecule has 4 unspecified atom stereocenters. The number of fused-ring (bicyclic) bond motifs is 2. The second-order valence-electron chi connectivity index (χ2n) is 38.8. The summed E-state index contributed by atoms with van der Waals surface area (Å²) in [4.78, 5) is 73.6. The lowest BCUT2D eigenvalue weighted by molar-refractivity contribution is -0.135. The van der Waals surface area contributed by atoms with E-state index in [1.54, 1.807) is 45.6 Å². The number of likely N-dealkylation sites (tertiary alicyclic amines) is 4. The Bertz CT molecular complexity index is 4930. The van der Waals surface area contributed by atoms with E-state index in [-0.39, 0.29) is 79.0 Å². The smallest absolute Gasteiger partial charge is 0.264 e. The highest BCUT2D eigenvalue weighted by molar-refractivity contribution is 5.99. The van der Waals surface area contributed by atoms with Gasteiger partial charge in [0.25, 0.3) is 11.8 Å². The molecular formula is C94H124F4N14O14. The largest absolute Gasteiger partial charge is 0.391 e. The first-order valence-electron chi connectivity index (χ1n) is 44.2. The van der Waals surface area contributed by atoms with Crippen molar-refractivity contribution in [3.8, 4) is 0 Å². The molecule has 32 heteroatoms. The normalized spacial score (nSPS) is 25.1. The molecule has 4 N–H and O–H groups in total. The summed E-state index contributed by atoms with van der Waals surface area (Å²) in [5.74, 6) is -6.17. The van der Waals surface area contributed by atoms with Crippen LogP contribution >= 0.6 is 0 Å². The summed E-state index contributed by atoms with van der Waals surface area (Å²) in [7, 11) is 0. The van der Waals surface area contributed by atoms with E-state index in [1.807, 2.05) is 176 Å².